The molecule has 2 saturated heterocycles. The van der Waals surface area contributed by atoms with E-state index in [1.807, 2.05) is 41.4 Å². The van der Waals surface area contributed by atoms with E-state index in [0.29, 0.717) is 6.61 Å². The Bertz CT molecular complexity index is 755. The fraction of sp³-hybridized carbons (Fsp3) is 0.478. The van der Waals surface area contributed by atoms with E-state index in [-0.39, 0.29) is 12.1 Å². The van der Waals surface area contributed by atoms with Gasteiger partial charge in [-0.3, -0.25) is 0 Å². The molecule has 2 aliphatic heterocycles. The Morgan fingerprint density at radius 2 is 1.75 bits per heavy atom. The number of carbonyl (C=O) groups is 1. The lowest BCUT2D eigenvalue weighted by molar-refractivity contribution is 0.0920. The van der Waals surface area contributed by atoms with Crippen LogP contribution in [-0.2, 0) is 11.3 Å². The van der Waals surface area contributed by atoms with Crippen LogP contribution in [-0.4, -0.2) is 35.6 Å². The van der Waals surface area contributed by atoms with Gasteiger partial charge in [-0.15, -0.1) is 0 Å². The van der Waals surface area contributed by atoms with E-state index in [0.717, 1.165) is 49.4 Å². The Kier molecular flexibility index (Phi) is 6.10. The van der Waals surface area contributed by atoms with Crippen LogP contribution in [0.3, 0.4) is 0 Å². The van der Waals surface area contributed by atoms with Crippen LogP contribution in [0.2, 0.25) is 0 Å². The molecule has 4 rings (SSSR count). The number of rotatable bonds is 4. The summed E-state index contributed by atoms with van der Waals surface area (Å²) in [5.74, 6) is 1.06. The zero-order chi connectivity index (χ0) is 19.2. The second kappa shape index (κ2) is 9.09. The molecule has 1 aromatic heterocycles. The Balaban J connectivity index is 1.39. The molecule has 0 radical (unpaired) electrons. The van der Waals surface area contributed by atoms with Gasteiger partial charge in [-0.2, -0.15) is 0 Å². The van der Waals surface area contributed by atoms with Crippen LogP contribution in [0.4, 0.5) is 10.6 Å². The largest absolute Gasteiger partial charge is 0.445 e. The van der Waals surface area contributed by atoms with Crippen LogP contribution in [0.25, 0.3) is 0 Å². The molecule has 5 nitrogen and oxygen atoms in total. The van der Waals surface area contributed by atoms with E-state index in [4.69, 9.17) is 9.72 Å². The summed E-state index contributed by atoms with van der Waals surface area (Å²) in [5.41, 5.74) is 2.11. The van der Waals surface area contributed by atoms with Gasteiger partial charge in [0.05, 0.1) is 6.04 Å². The smallest absolute Gasteiger partial charge is 0.410 e. The molecule has 148 valence electrons. The van der Waals surface area contributed by atoms with Gasteiger partial charge in [-0.25, -0.2) is 9.78 Å². The molecular weight excluding hydrogens is 350 g/mol. The summed E-state index contributed by atoms with van der Waals surface area (Å²) in [6.07, 6.45) is 8.80. The number of ether oxygens (including phenoxy) is 1. The van der Waals surface area contributed by atoms with Gasteiger partial charge >= 0.3 is 6.09 Å². The minimum Gasteiger partial charge on any atom is -0.445 e. The number of carbonyl (C=O) groups excluding carboxylic acids is 1. The highest BCUT2D eigenvalue weighted by molar-refractivity contribution is 5.68. The van der Waals surface area contributed by atoms with Crippen molar-refractivity contribution in [1.29, 1.82) is 0 Å². The molecular formula is C23H29N3O2. The fourth-order valence-electron chi connectivity index (χ4n) is 4.22. The second-order valence-electron chi connectivity index (χ2n) is 7.74. The van der Waals surface area contributed by atoms with E-state index in [1.54, 1.807) is 0 Å². The zero-order valence-electron chi connectivity index (χ0n) is 16.4. The van der Waals surface area contributed by atoms with E-state index in [1.165, 1.54) is 25.7 Å². The average Bonchev–Trinajstić information content (AvgIpc) is 3.08. The summed E-state index contributed by atoms with van der Waals surface area (Å²) in [6.45, 7) is 3.24. The maximum absolute atomic E-state index is 12.6. The minimum absolute atomic E-state index is 0.0638. The lowest BCUT2D eigenvalue weighted by Gasteiger charge is -2.25. The molecule has 1 unspecified atom stereocenters. The van der Waals surface area contributed by atoms with Crippen molar-refractivity contribution in [2.75, 3.05) is 24.5 Å². The second-order valence-corrected chi connectivity index (χ2v) is 7.74. The predicted octanol–water partition coefficient (Wildman–Crippen LogP) is 4.94. The molecule has 5 heteroatoms. The molecule has 2 aliphatic rings. The van der Waals surface area contributed by atoms with Crippen molar-refractivity contribution in [2.45, 2.75) is 51.2 Å². The monoisotopic (exact) mass is 379 g/mol. The molecule has 2 aromatic rings. The molecule has 0 N–H and O–H groups in total. The van der Waals surface area contributed by atoms with Gasteiger partial charge in [0.1, 0.15) is 12.4 Å². The van der Waals surface area contributed by atoms with Crippen LogP contribution < -0.4 is 4.90 Å². The highest BCUT2D eigenvalue weighted by Crippen LogP contribution is 2.33. The number of pyridine rings is 1. The first-order valence-electron chi connectivity index (χ1n) is 10.5. The lowest BCUT2D eigenvalue weighted by Crippen LogP contribution is -2.31. The molecule has 2 fully saturated rings. The van der Waals surface area contributed by atoms with Crippen molar-refractivity contribution in [3.63, 3.8) is 0 Å². The maximum Gasteiger partial charge on any atom is 0.410 e. The molecule has 1 amide bonds. The topological polar surface area (TPSA) is 45.7 Å². The maximum atomic E-state index is 12.6. The van der Waals surface area contributed by atoms with E-state index in [9.17, 15) is 4.79 Å². The summed E-state index contributed by atoms with van der Waals surface area (Å²) in [5, 5.41) is 0. The molecule has 3 heterocycles. The van der Waals surface area contributed by atoms with Gasteiger partial charge < -0.3 is 14.5 Å². The number of anilines is 1. The first-order valence-corrected chi connectivity index (χ1v) is 10.5. The molecule has 0 saturated carbocycles. The summed E-state index contributed by atoms with van der Waals surface area (Å²) in [4.78, 5) is 21.6. The third kappa shape index (κ3) is 4.46. The molecule has 1 aromatic carbocycles. The van der Waals surface area contributed by atoms with Crippen LogP contribution in [0.5, 0.6) is 0 Å². The molecule has 28 heavy (non-hydrogen) atoms. The molecule has 0 bridgehead atoms. The Hall–Kier alpha value is -2.56. The summed E-state index contributed by atoms with van der Waals surface area (Å²) in [6, 6.07) is 14.1. The highest BCUT2D eigenvalue weighted by Gasteiger charge is 2.31. The summed E-state index contributed by atoms with van der Waals surface area (Å²) in [7, 11) is 0. The fourth-order valence-corrected chi connectivity index (χ4v) is 4.22. The molecule has 0 spiro atoms. The normalized spacial score (nSPS) is 20.1. The predicted molar refractivity (Wildman–Crippen MR) is 110 cm³/mol. The Morgan fingerprint density at radius 1 is 0.964 bits per heavy atom. The number of benzene rings is 1. The van der Waals surface area contributed by atoms with E-state index >= 15 is 0 Å². The van der Waals surface area contributed by atoms with Gasteiger partial charge in [0.25, 0.3) is 0 Å². The lowest BCUT2D eigenvalue weighted by atomic mass is 10.1. The Labute approximate surface area is 167 Å². The van der Waals surface area contributed by atoms with Crippen molar-refractivity contribution < 1.29 is 9.53 Å². The van der Waals surface area contributed by atoms with Crippen molar-refractivity contribution in [1.82, 2.24) is 9.88 Å². The van der Waals surface area contributed by atoms with Crippen molar-refractivity contribution in [2.24, 2.45) is 0 Å². The van der Waals surface area contributed by atoms with Crippen molar-refractivity contribution in [3.05, 3.63) is 59.8 Å². The average molecular weight is 380 g/mol. The van der Waals surface area contributed by atoms with Gasteiger partial charge in [0, 0.05) is 25.8 Å². The minimum atomic E-state index is -0.233. The third-order valence-corrected chi connectivity index (χ3v) is 5.78. The zero-order valence-corrected chi connectivity index (χ0v) is 16.4. The number of aromatic nitrogens is 1. The number of hydrogen-bond donors (Lipinski definition) is 0. The number of hydrogen-bond acceptors (Lipinski definition) is 4. The quantitative estimate of drug-likeness (QED) is 0.755. The highest BCUT2D eigenvalue weighted by atomic mass is 16.6. The van der Waals surface area contributed by atoms with E-state index < -0.39 is 0 Å². The van der Waals surface area contributed by atoms with E-state index in [2.05, 4.69) is 17.0 Å². The Morgan fingerprint density at radius 3 is 2.46 bits per heavy atom. The van der Waals surface area contributed by atoms with Crippen molar-refractivity contribution >= 4 is 11.9 Å². The number of nitrogens with zero attached hydrogens (tertiary/aromatic N) is 3. The SMILES string of the molecule is O=C(OCc1ccccc1)N1CCCC1c1ccc(N2CCCCCC2)nc1. The summed E-state index contributed by atoms with van der Waals surface area (Å²) >= 11 is 0. The number of amides is 1. The van der Waals surface area contributed by atoms with Crippen LogP contribution >= 0.6 is 0 Å². The van der Waals surface area contributed by atoms with Gasteiger partial charge in [0.15, 0.2) is 0 Å². The van der Waals surface area contributed by atoms with Gasteiger partial charge in [-0.1, -0.05) is 49.2 Å². The third-order valence-electron chi connectivity index (χ3n) is 5.78. The van der Waals surface area contributed by atoms with Gasteiger partial charge in [0.2, 0.25) is 0 Å². The standard InChI is InChI=1S/C23H29N3O2/c27-23(28-18-19-9-4-3-5-10-19)26-16-8-11-21(26)20-12-13-22(24-17-20)25-14-6-1-2-7-15-25/h3-5,9-10,12-13,17,21H,1-2,6-8,11,14-16,18H2. The first kappa shape index (κ1) is 18.8. The van der Waals surface area contributed by atoms with Crippen molar-refractivity contribution in [3.8, 4) is 0 Å². The number of likely N-dealkylation sites (tertiary alicyclic amines) is 1. The summed E-state index contributed by atoms with van der Waals surface area (Å²) < 4.78 is 5.55. The van der Waals surface area contributed by atoms with Gasteiger partial charge in [-0.05, 0) is 42.9 Å². The van der Waals surface area contributed by atoms with Crippen LogP contribution in [0.1, 0.15) is 55.7 Å². The first-order chi connectivity index (χ1) is 13.8. The molecule has 0 aliphatic carbocycles. The molecule has 1 atom stereocenters. The van der Waals surface area contributed by atoms with Crippen LogP contribution in [0.15, 0.2) is 48.7 Å². The van der Waals surface area contributed by atoms with Crippen LogP contribution in [0, 0.1) is 0 Å².